The van der Waals surface area contributed by atoms with Crippen molar-refractivity contribution in [1.29, 1.82) is 0 Å². The molecule has 1 rings (SSSR count). The Kier molecular flexibility index (Phi) is 9.46. The minimum atomic E-state index is -4.37. The van der Waals surface area contributed by atoms with Gasteiger partial charge in [-0.15, -0.1) is 0 Å². The molecule has 1 heterocycles. The van der Waals surface area contributed by atoms with Crippen LogP contribution in [-0.4, -0.2) is 88.9 Å². The number of carbonyl (C=O) groups is 2. The fourth-order valence-electron chi connectivity index (χ4n) is 3.27. The minimum absolute atomic E-state index is 0.00537. The molecule has 0 bridgehead atoms. The number of nitrogens with zero attached hydrogens (tertiary/aromatic N) is 2. The van der Waals surface area contributed by atoms with Crippen LogP contribution in [0.5, 0.6) is 0 Å². The Morgan fingerprint density at radius 1 is 1.34 bits per heavy atom. The van der Waals surface area contributed by atoms with Crippen molar-refractivity contribution in [3.8, 4) is 0 Å². The molecule has 168 valence electrons. The number of carbonyl (C=O) groups excluding carboxylic acids is 1. The molecule has 1 unspecified atom stereocenters. The van der Waals surface area contributed by atoms with Gasteiger partial charge in [-0.05, 0) is 19.2 Å². The first-order valence-electron chi connectivity index (χ1n) is 9.57. The van der Waals surface area contributed by atoms with Crippen molar-refractivity contribution in [3.63, 3.8) is 0 Å². The SMILES string of the molecule is CCCCN(C(=O)C(N)CN)S(=O)(=O)N1C[C@H](CCCB(O)O)[C@](N)(C(=O)O)C1. The molecule has 12 nitrogen and oxygen atoms in total. The molecule has 0 aromatic rings. The first-order valence-corrected chi connectivity index (χ1v) is 11.0. The Labute approximate surface area is 171 Å². The van der Waals surface area contributed by atoms with Gasteiger partial charge in [-0.25, -0.2) is 4.31 Å². The average Bonchev–Trinajstić information content (AvgIpc) is 2.99. The molecule has 1 aliphatic heterocycles. The zero-order valence-corrected chi connectivity index (χ0v) is 17.4. The Hall–Kier alpha value is -1.29. The van der Waals surface area contributed by atoms with Crippen LogP contribution in [0.25, 0.3) is 0 Å². The summed E-state index contributed by atoms with van der Waals surface area (Å²) >= 11 is 0. The predicted octanol–water partition coefficient (Wildman–Crippen LogP) is -2.89. The first kappa shape index (κ1) is 25.8. The average molecular weight is 437 g/mol. The molecule has 3 atom stereocenters. The van der Waals surface area contributed by atoms with E-state index in [1.807, 2.05) is 6.92 Å². The second-order valence-electron chi connectivity index (χ2n) is 7.36. The van der Waals surface area contributed by atoms with Gasteiger partial charge in [-0.2, -0.15) is 12.7 Å². The molecule has 0 spiro atoms. The lowest BCUT2D eigenvalue weighted by atomic mass is 9.78. The Bertz CT molecular complexity index is 680. The summed E-state index contributed by atoms with van der Waals surface area (Å²) in [5, 5.41) is 27.5. The highest BCUT2D eigenvalue weighted by atomic mass is 32.2. The van der Waals surface area contributed by atoms with Gasteiger partial charge in [-0.1, -0.05) is 19.8 Å². The van der Waals surface area contributed by atoms with Gasteiger partial charge >= 0.3 is 23.3 Å². The van der Waals surface area contributed by atoms with Crippen LogP contribution in [0.4, 0.5) is 0 Å². The molecule has 1 saturated heterocycles. The van der Waals surface area contributed by atoms with Crippen LogP contribution in [0, 0.1) is 5.92 Å². The molecule has 1 fully saturated rings. The zero-order valence-electron chi connectivity index (χ0n) is 16.6. The van der Waals surface area contributed by atoms with E-state index in [-0.39, 0.29) is 38.8 Å². The van der Waals surface area contributed by atoms with Crippen LogP contribution < -0.4 is 17.2 Å². The van der Waals surface area contributed by atoms with Crippen molar-refractivity contribution in [1.82, 2.24) is 8.61 Å². The highest BCUT2D eigenvalue weighted by Gasteiger charge is 2.53. The van der Waals surface area contributed by atoms with Gasteiger partial charge in [0.25, 0.3) is 5.91 Å². The molecular formula is C15H32BN5O7S. The van der Waals surface area contributed by atoms with Crippen molar-refractivity contribution in [2.75, 3.05) is 26.2 Å². The second-order valence-corrected chi connectivity index (χ2v) is 9.21. The number of nitrogens with two attached hydrogens (primary N) is 3. The number of carboxylic acid groups (broad SMARTS) is 1. The quantitative estimate of drug-likeness (QED) is 0.171. The number of carboxylic acids is 1. The Balaban J connectivity index is 3.13. The second kappa shape index (κ2) is 10.7. The summed E-state index contributed by atoms with van der Waals surface area (Å²) in [5.41, 5.74) is 15.2. The molecule has 0 saturated carbocycles. The Morgan fingerprint density at radius 3 is 2.45 bits per heavy atom. The maximum atomic E-state index is 13.1. The fourth-order valence-corrected chi connectivity index (χ4v) is 5.02. The third kappa shape index (κ3) is 6.10. The van der Waals surface area contributed by atoms with Crippen molar-refractivity contribution in [2.45, 2.75) is 50.5 Å². The topological polar surface area (TPSA) is 214 Å². The molecule has 0 radical (unpaired) electrons. The number of amides is 1. The van der Waals surface area contributed by atoms with Crippen LogP contribution in [0.2, 0.25) is 6.32 Å². The monoisotopic (exact) mass is 437 g/mol. The fraction of sp³-hybridized carbons (Fsp3) is 0.867. The van der Waals surface area contributed by atoms with Crippen molar-refractivity contribution < 1.29 is 33.2 Å². The molecule has 0 aromatic carbocycles. The summed E-state index contributed by atoms with van der Waals surface area (Å²) in [6.07, 6.45) is 1.46. The molecule has 9 N–H and O–H groups in total. The maximum absolute atomic E-state index is 13.1. The highest BCUT2D eigenvalue weighted by molar-refractivity contribution is 7.87. The van der Waals surface area contributed by atoms with E-state index in [2.05, 4.69) is 0 Å². The van der Waals surface area contributed by atoms with E-state index in [9.17, 15) is 23.1 Å². The van der Waals surface area contributed by atoms with Gasteiger partial charge in [0.05, 0.1) is 6.04 Å². The molecule has 0 aliphatic carbocycles. The van der Waals surface area contributed by atoms with Crippen LogP contribution in [0.3, 0.4) is 0 Å². The smallest absolute Gasteiger partial charge is 0.451 e. The lowest BCUT2D eigenvalue weighted by molar-refractivity contribution is -0.144. The molecule has 29 heavy (non-hydrogen) atoms. The first-order chi connectivity index (χ1) is 13.4. The van der Waals surface area contributed by atoms with Gasteiger partial charge in [0, 0.05) is 32.1 Å². The number of hydrogen-bond donors (Lipinski definition) is 6. The zero-order chi connectivity index (χ0) is 22.4. The van der Waals surface area contributed by atoms with E-state index >= 15 is 0 Å². The van der Waals surface area contributed by atoms with Crippen molar-refractivity contribution in [2.24, 2.45) is 23.1 Å². The number of aliphatic carboxylic acids is 1. The molecule has 1 aliphatic rings. The Morgan fingerprint density at radius 2 is 1.97 bits per heavy atom. The van der Waals surface area contributed by atoms with Crippen LogP contribution in [0.1, 0.15) is 32.6 Å². The van der Waals surface area contributed by atoms with Gasteiger partial charge < -0.3 is 32.4 Å². The van der Waals surface area contributed by atoms with E-state index in [0.29, 0.717) is 17.1 Å². The standard InChI is InChI=1S/C15H32BN5O7S/c1-2-3-7-21(13(22)12(18)8-17)29(27,28)20-9-11(5-4-6-16(25)26)15(19,10-20)14(23)24/h11-12,25-26H,2-10,17-19H2,1H3,(H,23,24)/t11-,12?,15-/m0/s1. The van der Waals surface area contributed by atoms with Gasteiger partial charge in [0.2, 0.25) is 0 Å². The molecule has 14 heteroatoms. The summed E-state index contributed by atoms with van der Waals surface area (Å²) in [6.45, 7) is 0.771. The van der Waals surface area contributed by atoms with E-state index in [4.69, 9.17) is 27.2 Å². The summed E-state index contributed by atoms with van der Waals surface area (Å²) in [4.78, 5) is 24.3. The van der Waals surface area contributed by atoms with E-state index in [0.717, 1.165) is 4.31 Å². The molecule has 1 amide bonds. The summed E-state index contributed by atoms with van der Waals surface area (Å²) in [5.74, 6) is -2.99. The third-order valence-corrected chi connectivity index (χ3v) is 6.99. The van der Waals surface area contributed by atoms with Gasteiger partial charge in [0.1, 0.15) is 5.54 Å². The van der Waals surface area contributed by atoms with E-state index in [1.54, 1.807) is 0 Å². The summed E-state index contributed by atoms with van der Waals surface area (Å²) in [6, 6.07) is -1.20. The van der Waals surface area contributed by atoms with E-state index < -0.39 is 53.2 Å². The number of rotatable bonds is 12. The lowest BCUT2D eigenvalue weighted by Gasteiger charge is -2.29. The van der Waals surface area contributed by atoms with Crippen molar-refractivity contribution >= 4 is 29.2 Å². The van der Waals surface area contributed by atoms with Gasteiger partial charge in [0.15, 0.2) is 0 Å². The van der Waals surface area contributed by atoms with Crippen LogP contribution >= 0.6 is 0 Å². The van der Waals surface area contributed by atoms with Crippen LogP contribution in [0.15, 0.2) is 0 Å². The largest absolute Gasteiger partial charge is 0.480 e. The van der Waals surface area contributed by atoms with Crippen molar-refractivity contribution in [3.05, 3.63) is 0 Å². The van der Waals surface area contributed by atoms with Gasteiger partial charge in [-0.3, -0.25) is 9.59 Å². The third-order valence-electron chi connectivity index (χ3n) is 5.14. The molecular weight excluding hydrogens is 405 g/mol. The number of unbranched alkanes of at least 4 members (excludes halogenated alkanes) is 1. The highest BCUT2D eigenvalue weighted by Crippen LogP contribution is 2.33. The van der Waals surface area contributed by atoms with Crippen LogP contribution in [-0.2, 0) is 19.8 Å². The normalized spacial score (nSPS) is 23.7. The summed E-state index contributed by atoms with van der Waals surface area (Å²) in [7, 11) is -5.91. The molecule has 0 aromatic heterocycles. The lowest BCUT2D eigenvalue weighted by Crippen LogP contribution is -2.57. The van der Waals surface area contributed by atoms with E-state index in [1.165, 1.54) is 0 Å². The minimum Gasteiger partial charge on any atom is -0.480 e. The number of hydrogen-bond acceptors (Lipinski definition) is 9. The summed E-state index contributed by atoms with van der Waals surface area (Å²) < 4.78 is 27.8. The predicted molar refractivity (Wildman–Crippen MR) is 106 cm³/mol. The maximum Gasteiger partial charge on any atom is 0.451 e.